The second-order valence-electron chi connectivity index (χ2n) is 6.59. The molecule has 144 valence electrons. The van der Waals surface area contributed by atoms with Crippen molar-refractivity contribution in [3.05, 3.63) is 63.6 Å². The number of ether oxygens (including phenoxy) is 1. The van der Waals surface area contributed by atoms with Gasteiger partial charge in [0.25, 0.3) is 0 Å². The van der Waals surface area contributed by atoms with Crippen molar-refractivity contribution in [2.75, 3.05) is 0 Å². The van der Waals surface area contributed by atoms with Crippen molar-refractivity contribution in [3.63, 3.8) is 0 Å². The summed E-state index contributed by atoms with van der Waals surface area (Å²) in [5.41, 5.74) is 0.128. The molecule has 5 nitrogen and oxygen atoms in total. The minimum absolute atomic E-state index is 0.0676. The highest BCUT2D eigenvalue weighted by molar-refractivity contribution is 6.33. The molecule has 2 aromatic carbocycles. The van der Waals surface area contributed by atoms with Crippen LogP contribution in [-0.2, 0) is 12.1 Å². The van der Waals surface area contributed by atoms with Gasteiger partial charge in [-0.15, -0.1) is 10.2 Å². The molecule has 0 aliphatic heterocycles. The van der Waals surface area contributed by atoms with Gasteiger partial charge in [-0.05, 0) is 57.2 Å². The molecular formula is C20H17Cl2FN4O. The Morgan fingerprint density at radius 3 is 2.54 bits per heavy atom. The van der Waals surface area contributed by atoms with Crippen molar-refractivity contribution in [1.82, 2.24) is 14.8 Å². The molecule has 3 rings (SSSR count). The summed E-state index contributed by atoms with van der Waals surface area (Å²) in [6, 6.07) is 11.3. The highest BCUT2D eigenvalue weighted by atomic mass is 35.5. The van der Waals surface area contributed by atoms with Crippen LogP contribution >= 0.6 is 23.2 Å². The van der Waals surface area contributed by atoms with Crippen LogP contribution in [0.15, 0.2) is 36.4 Å². The van der Waals surface area contributed by atoms with E-state index in [9.17, 15) is 4.39 Å². The van der Waals surface area contributed by atoms with Crippen molar-refractivity contribution in [2.45, 2.75) is 32.9 Å². The minimum atomic E-state index is -0.977. The Kier molecular flexibility index (Phi) is 5.59. The van der Waals surface area contributed by atoms with Crippen LogP contribution in [0.1, 0.15) is 32.2 Å². The minimum Gasteiger partial charge on any atom is -0.477 e. The third kappa shape index (κ3) is 3.82. The first-order valence-corrected chi connectivity index (χ1v) is 9.30. The van der Waals surface area contributed by atoms with E-state index in [1.54, 1.807) is 38.1 Å². The van der Waals surface area contributed by atoms with Gasteiger partial charge in [-0.3, -0.25) is 0 Å². The first-order chi connectivity index (χ1) is 13.3. The normalized spacial score (nSPS) is 11.3. The molecule has 0 aliphatic carbocycles. The summed E-state index contributed by atoms with van der Waals surface area (Å²) in [4.78, 5) is 0. The summed E-state index contributed by atoms with van der Waals surface area (Å²) in [5.74, 6) is 0.566. The van der Waals surface area contributed by atoms with E-state index in [0.29, 0.717) is 34.3 Å². The van der Waals surface area contributed by atoms with E-state index >= 15 is 0 Å². The molecule has 0 spiro atoms. The van der Waals surface area contributed by atoms with Gasteiger partial charge in [0.15, 0.2) is 28.8 Å². The summed E-state index contributed by atoms with van der Waals surface area (Å²) >= 11 is 12.1. The van der Waals surface area contributed by atoms with E-state index < -0.39 is 11.4 Å². The summed E-state index contributed by atoms with van der Waals surface area (Å²) in [7, 11) is 0. The standard InChI is InChI=1S/C20H17Cl2FN4O/c1-4-27-18(14-7-5-12(11-24)9-15(14)22)25-26-19(27)20(2,3)28-17-8-6-13(21)10-16(17)23/h5-10H,4H2,1-3H3. The van der Waals surface area contributed by atoms with Crippen LogP contribution in [-0.4, -0.2) is 14.8 Å². The topological polar surface area (TPSA) is 63.7 Å². The van der Waals surface area contributed by atoms with Crippen molar-refractivity contribution in [1.29, 1.82) is 5.26 Å². The Morgan fingerprint density at radius 2 is 1.93 bits per heavy atom. The van der Waals surface area contributed by atoms with Crippen molar-refractivity contribution in [2.24, 2.45) is 0 Å². The number of nitriles is 1. The second-order valence-corrected chi connectivity index (χ2v) is 7.43. The summed E-state index contributed by atoms with van der Waals surface area (Å²) in [5, 5.41) is 18.3. The van der Waals surface area contributed by atoms with Crippen molar-refractivity contribution < 1.29 is 9.13 Å². The zero-order chi connectivity index (χ0) is 20.5. The summed E-state index contributed by atoms with van der Waals surface area (Å²) in [6.07, 6.45) is 0. The average Bonchev–Trinajstić information content (AvgIpc) is 3.08. The van der Waals surface area contributed by atoms with Crippen molar-refractivity contribution >= 4 is 23.2 Å². The van der Waals surface area contributed by atoms with Crippen LogP contribution in [0.3, 0.4) is 0 Å². The molecule has 0 radical (unpaired) electrons. The Labute approximate surface area is 172 Å². The molecule has 3 aromatic rings. The number of rotatable bonds is 5. The van der Waals surface area contributed by atoms with Crippen LogP contribution in [0.25, 0.3) is 11.4 Å². The maximum absolute atomic E-state index is 14.2. The fourth-order valence-corrected chi connectivity index (χ4v) is 3.32. The predicted molar refractivity (Wildman–Crippen MR) is 106 cm³/mol. The van der Waals surface area contributed by atoms with Gasteiger partial charge in [0.05, 0.1) is 16.7 Å². The SMILES string of the molecule is CCn1c(-c2ccc(C#N)cc2Cl)nnc1C(C)(C)Oc1ccc(Cl)cc1F. The zero-order valence-electron chi connectivity index (χ0n) is 15.5. The molecule has 0 fully saturated rings. The third-order valence-corrected chi connectivity index (χ3v) is 4.75. The molecule has 0 saturated heterocycles. The van der Waals surface area contributed by atoms with E-state index in [2.05, 4.69) is 10.2 Å². The van der Waals surface area contributed by atoms with Gasteiger partial charge in [-0.2, -0.15) is 5.26 Å². The molecule has 28 heavy (non-hydrogen) atoms. The second kappa shape index (κ2) is 7.78. The highest BCUT2D eigenvalue weighted by Crippen LogP contribution is 2.33. The van der Waals surface area contributed by atoms with Crippen molar-refractivity contribution in [3.8, 4) is 23.2 Å². The number of benzene rings is 2. The molecule has 1 heterocycles. The molecule has 0 bridgehead atoms. The number of nitrogens with zero attached hydrogens (tertiary/aromatic N) is 4. The molecule has 0 unspecified atom stereocenters. The Hall–Kier alpha value is -2.62. The number of hydrogen-bond donors (Lipinski definition) is 0. The number of halogens is 3. The summed E-state index contributed by atoms with van der Waals surface area (Å²) < 4.78 is 21.9. The van der Waals surface area contributed by atoms with E-state index in [4.69, 9.17) is 33.2 Å². The Balaban J connectivity index is 2.02. The average molecular weight is 419 g/mol. The van der Waals surface area contributed by atoms with Crippen LogP contribution in [0.2, 0.25) is 10.0 Å². The quantitative estimate of drug-likeness (QED) is 0.540. The first kappa shape index (κ1) is 20.1. The van der Waals surface area contributed by atoms with Gasteiger partial charge >= 0.3 is 0 Å². The molecule has 8 heteroatoms. The lowest BCUT2D eigenvalue weighted by atomic mass is 10.1. The molecule has 0 N–H and O–H groups in total. The van der Waals surface area contributed by atoms with Gasteiger partial charge in [-0.25, -0.2) is 4.39 Å². The molecule has 0 saturated carbocycles. The van der Waals surface area contributed by atoms with Gasteiger partial charge in [0.2, 0.25) is 0 Å². The van der Waals surface area contributed by atoms with Gasteiger partial charge < -0.3 is 9.30 Å². The monoisotopic (exact) mass is 418 g/mol. The summed E-state index contributed by atoms with van der Waals surface area (Å²) in [6.45, 7) is 6.04. The number of hydrogen-bond acceptors (Lipinski definition) is 4. The molecule has 0 amide bonds. The van der Waals surface area contributed by atoms with Gasteiger partial charge in [0.1, 0.15) is 0 Å². The lowest BCUT2D eigenvalue weighted by Crippen LogP contribution is -2.30. The van der Waals surface area contributed by atoms with Crippen LogP contribution in [0.4, 0.5) is 4.39 Å². The smallest absolute Gasteiger partial charge is 0.177 e. The molecule has 0 atom stereocenters. The maximum Gasteiger partial charge on any atom is 0.177 e. The van der Waals surface area contributed by atoms with Gasteiger partial charge in [0, 0.05) is 17.1 Å². The maximum atomic E-state index is 14.2. The Bertz CT molecular complexity index is 1070. The molecular weight excluding hydrogens is 402 g/mol. The molecule has 0 aliphatic rings. The van der Waals surface area contributed by atoms with Gasteiger partial charge in [-0.1, -0.05) is 23.2 Å². The fourth-order valence-electron chi connectivity index (χ4n) is 2.89. The first-order valence-electron chi connectivity index (χ1n) is 8.54. The lowest BCUT2D eigenvalue weighted by molar-refractivity contribution is 0.0885. The largest absolute Gasteiger partial charge is 0.477 e. The van der Waals surface area contributed by atoms with E-state index in [0.717, 1.165) is 0 Å². The van der Waals surface area contributed by atoms with Crippen LogP contribution in [0, 0.1) is 17.1 Å². The highest BCUT2D eigenvalue weighted by Gasteiger charge is 2.32. The van der Waals surface area contributed by atoms with E-state index in [-0.39, 0.29) is 10.8 Å². The predicted octanol–water partition coefficient (Wildman–Crippen LogP) is 5.60. The molecule has 1 aromatic heterocycles. The van der Waals surface area contributed by atoms with E-state index in [1.165, 1.54) is 12.1 Å². The van der Waals surface area contributed by atoms with Crippen LogP contribution < -0.4 is 4.74 Å². The van der Waals surface area contributed by atoms with Crippen LogP contribution in [0.5, 0.6) is 5.75 Å². The fraction of sp³-hybridized carbons (Fsp3) is 0.250. The Morgan fingerprint density at radius 1 is 1.18 bits per heavy atom. The zero-order valence-corrected chi connectivity index (χ0v) is 17.0. The van der Waals surface area contributed by atoms with E-state index in [1.807, 2.05) is 17.6 Å². The number of aromatic nitrogens is 3. The third-order valence-electron chi connectivity index (χ3n) is 4.20. The lowest BCUT2D eigenvalue weighted by Gasteiger charge is -2.26.